The molecule has 80 valence electrons. The number of carbonyl (C=O) groups excluding carboxylic acids is 1. The van der Waals surface area contributed by atoms with Gasteiger partial charge in [0.15, 0.2) is 6.29 Å². The third-order valence-corrected chi connectivity index (χ3v) is 3.68. The number of anilines is 1. The maximum Gasteiger partial charge on any atom is 0.151 e. The molecule has 0 radical (unpaired) electrons. The van der Waals surface area contributed by atoms with E-state index in [9.17, 15) is 4.79 Å². The van der Waals surface area contributed by atoms with E-state index in [2.05, 4.69) is 27.8 Å². The summed E-state index contributed by atoms with van der Waals surface area (Å²) >= 11 is 3.42. The molecular formula is C12H14BrNO. The smallest absolute Gasteiger partial charge is 0.151 e. The maximum absolute atomic E-state index is 10.7. The van der Waals surface area contributed by atoms with Crippen molar-refractivity contribution in [3.05, 3.63) is 28.2 Å². The Hall–Kier alpha value is -0.830. The summed E-state index contributed by atoms with van der Waals surface area (Å²) in [5.74, 6) is 0. The van der Waals surface area contributed by atoms with Crippen LogP contribution in [0.25, 0.3) is 0 Å². The molecule has 0 bridgehead atoms. The molecule has 0 N–H and O–H groups in total. The molecule has 1 aliphatic rings. The molecule has 0 amide bonds. The fraction of sp³-hybridized carbons (Fsp3) is 0.417. The van der Waals surface area contributed by atoms with E-state index in [0.29, 0.717) is 11.6 Å². The lowest BCUT2D eigenvalue weighted by molar-refractivity contribution is 0.112. The highest BCUT2D eigenvalue weighted by Crippen LogP contribution is 2.28. The van der Waals surface area contributed by atoms with Crippen LogP contribution in [0, 0.1) is 0 Å². The van der Waals surface area contributed by atoms with Crippen molar-refractivity contribution in [2.45, 2.75) is 25.8 Å². The van der Waals surface area contributed by atoms with Crippen LogP contribution in [0.1, 0.15) is 30.1 Å². The lowest BCUT2D eigenvalue weighted by atomic mass is 10.2. The van der Waals surface area contributed by atoms with Crippen molar-refractivity contribution in [2.24, 2.45) is 0 Å². The van der Waals surface area contributed by atoms with Crippen LogP contribution in [0.3, 0.4) is 0 Å². The summed E-state index contributed by atoms with van der Waals surface area (Å²) in [5.41, 5.74) is 1.92. The van der Waals surface area contributed by atoms with Gasteiger partial charge in [-0.3, -0.25) is 4.79 Å². The third kappa shape index (κ3) is 2.07. The fourth-order valence-corrected chi connectivity index (χ4v) is 2.57. The Morgan fingerprint density at radius 2 is 2.33 bits per heavy atom. The number of aldehydes is 1. The van der Waals surface area contributed by atoms with Crippen LogP contribution in [0.15, 0.2) is 22.7 Å². The highest BCUT2D eigenvalue weighted by molar-refractivity contribution is 9.10. The van der Waals surface area contributed by atoms with Crippen molar-refractivity contribution in [1.82, 2.24) is 0 Å². The van der Waals surface area contributed by atoms with Crippen LogP contribution in [-0.2, 0) is 0 Å². The molecule has 15 heavy (non-hydrogen) atoms. The minimum absolute atomic E-state index is 0.610. The van der Waals surface area contributed by atoms with Crippen LogP contribution in [0.2, 0.25) is 0 Å². The van der Waals surface area contributed by atoms with Gasteiger partial charge in [0.05, 0.1) is 0 Å². The molecule has 3 heteroatoms. The van der Waals surface area contributed by atoms with Gasteiger partial charge in [-0.1, -0.05) is 0 Å². The molecule has 2 rings (SSSR count). The monoisotopic (exact) mass is 267 g/mol. The molecule has 1 aromatic carbocycles. The zero-order chi connectivity index (χ0) is 10.8. The van der Waals surface area contributed by atoms with Gasteiger partial charge in [0.25, 0.3) is 0 Å². The average Bonchev–Trinajstić information content (AvgIpc) is 2.64. The topological polar surface area (TPSA) is 20.3 Å². The summed E-state index contributed by atoms with van der Waals surface area (Å²) in [6.45, 7) is 3.36. The first-order valence-corrected chi connectivity index (χ1v) is 6.03. The van der Waals surface area contributed by atoms with Crippen LogP contribution >= 0.6 is 15.9 Å². The SMILES string of the molecule is CC1CCCN1c1ccc(C=O)c(Br)c1. The summed E-state index contributed by atoms with van der Waals surface area (Å²) in [4.78, 5) is 13.1. The quantitative estimate of drug-likeness (QED) is 0.767. The predicted molar refractivity (Wildman–Crippen MR) is 65.6 cm³/mol. The molecule has 0 spiro atoms. The van der Waals surface area contributed by atoms with E-state index in [0.717, 1.165) is 17.3 Å². The van der Waals surface area contributed by atoms with E-state index in [1.165, 1.54) is 18.5 Å². The second kappa shape index (κ2) is 4.35. The van der Waals surface area contributed by atoms with Gasteiger partial charge in [0.1, 0.15) is 0 Å². The fourth-order valence-electron chi connectivity index (χ4n) is 2.11. The van der Waals surface area contributed by atoms with Gasteiger partial charge in [-0.05, 0) is 53.9 Å². The maximum atomic E-state index is 10.7. The molecule has 2 nitrogen and oxygen atoms in total. The summed E-state index contributed by atoms with van der Waals surface area (Å²) in [6.07, 6.45) is 3.39. The van der Waals surface area contributed by atoms with Gasteiger partial charge in [-0.25, -0.2) is 0 Å². The number of benzene rings is 1. The van der Waals surface area contributed by atoms with Gasteiger partial charge >= 0.3 is 0 Å². The average molecular weight is 268 g/mol. The first-order chi connectivity index (χ1) is 7.22. The Balaban J connectivity index is 2.29. The van der Waals surface area contributed by atoms with Crippen molar-refractivity contribution in [3.8, 4) is 0 Å². The highest BCUT2D eigenvalue weighted by atomic mass is 79.9. The normalized spacial score (nSPS) is 20.7. The number of hydrogen-bond donors (Lipinski definition) is 0. The lowest BCUT2D eigenvalue weighted by Crippen LogP contribution is -2.26. The highest BCUT2D eigenvalue weighted by Gasteiger charge is 2.20. The zero-order valence-corrected chi connectivity index (χ0v) is 10.3. The Morgan fingerprint density at radius 1 is 1.53 bits per heavy atom. The molecule has 0 saturated carbocycles. The Kier molecular flexibility index (Phi) is 3.10. The van der Waals surface area contributed by atoms with Crippen LogP contribution in [-0.4, -0.2) is 18.9 Å². The van der Waals surface area contributed by atoms with E-state index in [1.54, 1.807) is 0 Å². The van der Waals surface area contributed by atoms with E-state index < -0.39 is 0 Å². The largest absolute Gasteiger partial charge is 0.369 e. The Bertz CT molecular complexity index is 378. The van der Waals surface area contributed by atoms with Gasteiger partial charge < -0.3 is 4.90 Å². The molecule has 1 heterocycles. The van der Waals surface area contributed by atoms with Crippen molar-refractivity contribution >= 4 is 27.9 Å². The van der Waals surface area contributed by atoms with Crippen molar-refractivity contribution in [1.29, 1.82) is 0 Å². The molecule has 1 unspecified atom stereocenters. The van der Waals surface area contributed by atoms with Gasteiger partial charge in [-0.2, -0.15) is 0 Å². The third-order valence-electron chi connectivity index (χ3n) is 3.00. The van der Waals surface area contributed by atoms with Crippen LogP contribution < -0.4 is 4.90 Å². The zero-order valence-electron chi connectivity index (χ0n) is 8.74. The Labute approximate surface area is 98.4 Å². The van der Waals surface area contributed by atoms with Crippen LogP contribution in [0.5, 0.6) is 0 Å². The second-order valence-electron chi connectivity index (χ2n) is 4.01. The summed E-state index contributed by atoms with van der Waals surface area (Å²) < 4.78 is 0.883. The van der Waals surface area contributed by atoms with Gasteiger partial charge in [0.2, 0.25) is 0 Å². The standard InChI is InChI=1S/C12H14BrNO/c1-9-3-2-6-14(9)11-5-4-10(8-15)12(13)7-11/h4-5,7-9H,2-3,6H2,1H3. The number of carbonyl (C=O) groups is 1. The predicted octanol–water partition coefficient (Wildman–Crippen LogP) is 3.25. The number of hydrogen-bond acceptors (Lipinski definition) is 2. The van der Waals surface area contributed by atoms with E-state index >= 15 is 0 Å². The lowest BCUT2D eigenvalue weighted by Gasteiger charge is -2.24. The minimum Gasteiger partial charge on any atom is -0.369 e. The molecule has 1 saturated heterocycles. The molecule has 1 atom stereocenters. The molecular weight excluding hydrogens is 254 g/mol. The minimum atomic E-state index is 0.610. The summed E-state index contributed by atoms with van der Waals surface area (Å²) in [5, 5.41) is 0. The molecule has 1 fully saturated rings. The molecule has 0 aromatic heterocycles. The summed E-state index contributed by atoms with van der Waals surface area (Å²) in [6, 6.07) is 6.54. The van der Waals surface area contributed by atoms with Crippen molar-refractivity contribution in [3.63, 3.8) is 0 Å². The van der Waals surface area contributed by atoms with Gasteiger partial charge in [0, 0.05) is 28.3 Å². The van der Waals surface area contributed by atoms with E-state index in [-0.39, 0.29) is 0 Å². The van der Waals surface area contributed by atoms with E-state index in [1.807, 2.05) is 18.2 Å². The first-order valence-electron chi connectivity index (χ1n) is 5.24. The number of rotatable bonds is 2. The second-order valence-corrected chi connectivity index (χ2v) is 4.86. The Morgan fingerprint density at radius 3 is 2.87 bits per heavy atom. The molecule has 1 aromatic rings. The van der Waals surface area contributed by atoms with Crippen molar-refractivity contribution < 1.29 is 4.79 Å². The van der Waals surface area contributed by atoms with Crippen molar-refractivity contribution in [2.75, 3.05) is 11.4 Å². The number of halogens is 1. The number of nitrogens with zero attached hydrogens (tertiary/aromatic N) is 1. The summed E-state index contributed by atoms with van der Waals surface area (Å²) in [7, 11) is 0. The van der Waals surface area contributed by atoms with Gasteiger partial charge in [-0.15, -0.1) is 0 Å². The van der Waals surface area contributed by atoms with Crippen LogP contribution in [0.4, 0.5) is 5.69 Å². The van der Waals surface area contributed by atoms with E-state index in [4.69, 9.17) is 0 Å². The molecule has 0 aliphatic carbocycles. The first kappa shape index (κ1) is 10.7. The molecule has 1 aliphatic heterocycles.